The van der Waals surface area contributed by atoms with Crippen LogP contribution in [-0.2, 0) is 7.05 Å². The van der Waals surface area contributed by atoms with E-state index in [-0.39, 0.29) is 0 Å². The van der Waals surface area contributed by atoms with E-state index in [4.69, 9.17) is 20.2 Å². The minimum Gasteiger partial charge on any atom is -0.497 e. The number of fused-ring (bicyclic) bond motifs is 1. The van der Waals surface area contributed by atoms with Crippen LogP contribution in [0.25, 0.3) is 22.3 Å². The normalized spacial score (nSPS) is 12.0. The maximum absolute atomic E-state index is 5.84. The van der Waals surface area contributed by atoms with Crippen LogP contribution in [-0.4, -0.2) is 47.1 Å². The first-order valence-electron chi connectivity index (χ1n) is 11.0. The van der Waals surface area contributed by atoms with Gasteiger partial charge in [-0.1, -0.05) is 6.92 Å². The van der Waals surface area contributed by atoms with E-state index in [1.54, 1.807) is 31.3 Å². The number of nitrogens with zero attached hydrogens (tertiary/aromatic N) is 5. The summed E-state index contributed by atoms with van der Waals surface area (Å²) in [6, 6.07) is 12.0. The van der Waals surface area contributed by atoms with Crippen LogP contribution in [0.15, 0.2) is 55.0 Å². The number of methoxy groups -OCH3 is 2. The van der Waals surface area contributed by atoms with E-state index < -0.39 is 0 Å². The van der Waals surface area contributed by atoms with Crippen molar-refractivity contribution in [2.45, 2.75) is 13.3 Å². The predicted molar refractivity (Wildman–Crippen MR) is 131 cm³/mol. The van der Waals surface area contributed by atoms with Crippen LogP contribution in [0.4, 0.5) is 11.4 Å². The molecule has 4 rings (SSSR count). The molecule has 2 heterocycles. The number of anilines is 2. The molecule has 8 nitrogen and oxygen atoms in total. The molecule has 0 amide bonds. The van der Waals surface area contributed by atoms with Gasteiger partial charge in [0.05, 0.1) is 43.3 Å². The number of aromatic nitrogens is 4. The Morgan fingerprint density at radius 1 is 1.00 bits per heavy atom. The molecule has 2 aromatic heterocycles. The zero-order valence-corrected chi connectivity index (χ0v) is 19.5. The van der Waals surface area contributed by atoms with Gasteiger partial charge in [0.25, 0.3) is 0 Å². The van der Waals surface area contributed by atoms with Crippen LogP contribution in [0, 0.1) is 5.92 Å². The molecule has 0 radical (unpaired) electrons. The van der Waals surface area contributed by atoms with E-state index in [0.717, 1.165) is 58.1 Å². The maximum atomic E-state index is 5.84. The van der Waals surface area contributed by atoms with Crippen molar-refractivity contribution in [1.82, 2.24) is 19.7 Å². The Labute approximate surface area is 194 Å². The number of benzene rings is 2. The molecule has 0 aliphatic carbocycles. The molecule has 172 valence electrons. The Balaban J connectivity index is 1.79. The van der Waals surface area contributed by atoms with Crippen LogP contribution in [0.5, 0.6) is 11.5 Å². The van der Waals surface area contributed by atoms with Crippen LogP contribution in [0.1, 0.15) is 13.3 Å². The lowest BCUT2D eigenvalue weighted by atomic mass is 10.1. The fourth-order valence-electron chi connectivity index (χ4n) is 3.86. The standard InChI is InChI=1S/C25H30N6O2/c1-17(7-8-26)15-31(20-9-21(32-3)12-22(10-20)33-4)19-5-6-23-24(11-19)29-25(14-27-23)18-13-28-30(2)16-18/h5-6,9-14,16-17H,7-8,15,26H2,1-4H3/t17-/m1/s1. The Morgan fingerprint density at radius 2 is 1.76 bits per heavy atom. The zero-order chi connectivity index (χ0) is 23.4. The number of hydrogen-bond acceptors (Lipinski definition) is 7. The third kappa shape index (κ3) is 5.06. The van der Waals surface area contributed by atoms with Crippen molar-refractivity contribution in [3.63, 3.8) is 0 Å². The lowest BCUT2D eigenvalue weighted by Crippen LogP contribution is -2.25. The van der Waals surface area contributed by atoms with Gasteiger partial charge in [0.15, 0.2) is 0 Å². The number of aryl methyl sites for hydroxylation is 1. The molecule has 2 aromatic carbocycles. The minimum atomic E-state index is 0.385. The fraction of sp³-hybridized carbons (Fsp3) is 0.320. The summed E-state index contributed by atoms with van der Waals surface area (Å²) < 4.78 is 12.8. The molecule has 0 saturated heterocycles. The lowest BCUT2D eigenvalue weighted by molar-refractivity contribution is 0.394. The molecule has 0 saturated carbocycles. The van der Waals surface area contributed by atoms with Gasteiger partial charge in [-0.05, 0) is 37.1 Å². The number of ether oxygens (including phenoxy) is 2. The molecular weight excluding hydrogens is 416 g/mol. The molecule has 8 heteroatoms. The van der Waals surface area contributed by atoms with Crippen molar-refractivity contribution in [2.24, 2.45) is 18.7 Å². The molecule has 0 spiro atoms. The molecule has 0 aliphatic rings. The van der Waals surface area contributed by atoms with Gasteiger partial charge in [-0.3, -0.25) is 9.67 Å². The Hall–Kier alpha value is -3.65. The topological polar surface area (TPSA) is 91.3 Å². The molecule has 2 N–H and O–H groups in total. The molecular formula is C25H30N6O2. The molecule has 0 fully saturated rings. The summed E-state index contributed by atoms with van der Waals surface area (Å²) in [5.41, 5.74) is 11.2. The summed E-state index contributed by atoms with van der Waals surface area (Å²) in [5.74, 6) is 1.86. The van der Waals surface area contributed by atoms with Crippen molar-refractivity contribution in [1.29, 1.82) is 0 Å². The zero-order valence-electron chi connectivity index (χ0n) is 19.5. The monoisotopic (exact) mass is 446 g/mol. The van der Waals surface area contributed by atoms with E-state index in [9.17, 15) is 0 Å². The van der Waals surface area contributed by atoms with E-state index >= 15 is 0 Å². The van der Waals surface area contributed by atoms with Gasteiger partial charge in [0.2, 0.25) is 0 Å². The second kappa shape index (κ2) is 9.87. The first kappa shape index (κ1) is 22.5. The van der Waals surface area contributed by atoms with Crippen LogP contribution < -0.4 is 20.1 Å². The second-order valence-electron chi connectivity index (χ2n) is 8.19. The summed E-state index contributed by atoms with van der Waals surface area (Å²) in [6.45, 7) is 3.64. The van der Waals surface area contributed by atoms with Gasteiger partial charge < -0.3 is 20.1 Å². The van der Waals surface area contributed by atoms with E-state index in [1.807, 2.05) is 37.5 Å². The van der Waals surface area contributed by atoms with Crippen molar-refractivity contribution < 1.29 is 9.47 Å². The van der Waals surface area contributed by atoms with Crippen LogP contribution >= 0.6 is 0 Å². The SMILES string of the molecule is COc1cc(OC)cc(N(C[C@H](C)CCN)c2ccc3ncc(-c4cnn(C)c4)nc3c2)c1. The van der Waals surface area contributed by atoms with E-state index in [0.29, 0.717) is 12.5 Å². The predicted octanol–water partition coefficient (Wildman–Crippen LogP) is 4.17. The van der Waals surface area contributed by atoms with Crippen molar-refractivity contribution >= 4 is 22.4 Å². The van der Waals surface area contributed by atoms with Gasteiger partial charge in [-0.2, -0.15) is 5.10 Å². The van der Waals surface area contributed by atoms with Gasteiger partial charge in [0, 0.05) is 54.9 Å². The highest BCUT2D eigenvalue weighted by atomic mass is 16.5. The lowest BCUT2D eigenvalue weighted by Gasteiger charge is -2.29. The summed E-state index contributed by atoms with van der Waals surface area (Å²) in [6.07, 6.45) is 6.44. The highest BCUT2D eigenvalue weighted by molar-refractivity contribution is 5.82. The van der Waals surface area contributed by atoms with Gasteiger partial charge in [0.1, 0.15) is 11.5 Å². The highest BCUT2D eigenvalue weighted by Crippen LogP contribution is 2.35. The fourth-order valence-corrected chi connectivity index (χ4v) is 3.86. The van der Waals surface area contributed by atoms with Gasteiger partial charge in [-0.25, -0.2) is 4.98 Å². The smallest absolute Gasteiger partial charge is 0.124 e. The summed E-state index contributed by atoms with van der Waals surface area (Å²) in [4.78, 5) is 11.7. The summed E-state index contributed by atoms with van der Waals surface area (Å²) >= 11 is 0. The average Bonchev–Trinajstić information content (AvgIpc) is 3.27. The second-order valence-corrected chi connectivity index (χ2v) is 8.19. The minimum absolute atomic E-state index is 0.385. The van der Waals surface area contributed by atoms with Gasteiger partial charge >= 0.3 is 0 Å². The number of hydrogen-bond donors (Lipinski definition) is 1. The largest absolute Gasteiger partial charge is 0.497 e. The van der Waals surface area contributed by atoms with E-state index in [2.05, 4.69) is 34.0 Å². The maximum Gasteiger partial charge on any atom is 0.124 e. The molecule has 1 atom stereocenters. The first-order chi connectivity index (χ1) is 16.0. The molecule has 33 heavy (non-hydrogen) atoms. The molecule has 0 aliphatic heterocycles. The average molecular weight is 447 g/mol. The van der Waals surface area contributed by atoms with Crippen molar-refractivity contribution in [2.75, 3.05) is 32.2 Å². The van der Waals surface area contributed by atoms with E-state index in [1.165, 1.54) is 0 Å². The number of nitrogens with two attached hydrogens (primary N) is 1. The van der Waals surface area contributed by atoms with Crippen LogP contribution in [0.2, 0.25) is 0 Å². The Morgan fingerprint density at radius 3 is 2.39 bits per heavy atom. The van der Waals surface area contributed by atoms with Crippen LogP contribution in [0.3, 0.4) is 0 Å². The molecule has 0 unspecified atom stereocenters. The highest BCUT2D eigenvalue weighted by Gasteiger charge is 2.17. The van der Waals surface area contributed by atoms with Crippen molar-refractivity contribution in [3.05, 3.63) is 55.0 Å². The number of rotatable bonds is 9. The summed E-state index contributed by atoms with van der Waals surface area (Å²) in [7, 11) is 5.20. The van der Waals surface area contributed by atoms with Crippen molar-refractivity contribution in [3.8, 4) is 22.8 Å². The molecule has 4 aromatic rings. The third-order valence-electron chi connectivity index (χ3n) is 5.64. The Bertz CT molecular complexity index is 1220. The van der Waals surface area contributed by atoms with Gasteiger partial charge in [-0.15, -0.1) is 0 Å². The third-order valence-corrected chi connectivity index (χ3v) is 5.64. The first-order valence-corrected chi connectivity index (χ1v) is 11.0. The Kier molecular flexibility index (Phi) is 6.74. The summed E-state index contributed by atoms with van der Waals surface area (Å²) in [5, 5.41) is 4.25. The quantitative estimate of drug-likeness (QED) is 0.412. The molecule has 0 bridgehead atoms.